The molecule has 0 unspecified atom stereocenters. The Morgan fingerprint density at radius 2 is 1.80 bits per heavy atom. The quantitative estimate of drug-likeness (QED) is 0.877. The average molecular weight is 307 g/mol. The van der Waals surface area contributed by atoms with E-state index < -0.39 is 0 Å². The summed E-state index contributed by atoms with van der Waals surface area (Å²) in [6.45, 7) is 2.67. The van der Waals surface area contributed by atoms with E-state index in [0.717, 1.165) is 5.69 Å². The topological polar surface area (TPSA) is 60.7 Å². The summed E-state index contributed by atoms with van der Waals surface area (Å²) in [7, 11) is 0. The Morgan fingerprint density at radius 3 is 2.40 bits per heavy atom. The summed E-state index contributed by atoms with van der Waals surface area (Å²) < 4.78 is 0. The van der Waals surface area contributed by atoms with E-state index in [1.807, 2.05) is 6.92 Å². The van der Waals surface area contributed by atoms with Gasteiger partial charge in [-0.25, -0.2) is 4.98 Å². The predicted molar refractivity (Wildman–Crippen MR) is 82.9 cm³/mol. The maximum absolute atomic E-state index is 8.76. The molecule has 0 bridgehead atoms. The molecule has 1 aromatic heterocycles. The molecule has 1 aromatic carbocycles. The predicted octanol–water partition coefficient (Wildman–Crippen LogP) is 4.44. The lowest BCUT2D eigenvalue weighted by atomic mass is 10.2. The molecule has 1 heterocycles. The first-order valence-corrected chi connectivity index (χ1v) is 6.76. The van der Waals surface area contributed by atoms with Crippen LogP contribution in [0.1, 0.15) is 12.5 Å². The van der Waals surface area contributed by atoms with Gasteiger partial charge in [0.25, 0.3) is 0 Å². The normalized spacial score (nSPS) is 9.90. The lowest BCUT2D eigenvalue weighted by Crippen LogP contribution is -2.03. The zero-order valence-corrected chi connectivity index (χ0v) is 12.3. The Labute approximate surface area is 127 Å². The minimum Gasteiger partial charge on any atom is -0.369 e. The highest BCUT2D eigenvalue weighted by Crippen LogP contribution is 2.30. The molecule has 4 nitrogen and oxygen atoms in total. The van der Waals surface area contributed by atoms with Gasteiger partial charge in [-0.2, -0.15) is 5.26 Å². The molecule has 0 aliphatic rings. The number of nitrogens with zero attached hydrogens (tertiary/aromatic N) is 2. The molecule has 6 heteroatoms. The van der Waals surface area contributed by atoms with Crippen molar-refractivity contribution in [2.24, 2.45) is 0 Å². The molecule has 102 valence electrons. The van der Waals surface area contributed by atoms with E-state index in [1.165, 1.54) is 0 Å². The van der Waals surface area contributed by atoms with Crippen LogP contribution in [0.15, 0.2) is 30.3 Å². The Bertz CT molecular complexity index is 647. The summed E-state index contributed by atoms with van der Waals surface area (Å²) in [5, 5.41) is 15.8. The van der Waals surface area contributed by atoms with Gasteiger partial charge in [-0.05, 0) is 37.3 Å². The van der Waals surface area contributed by atoms with Crippen LogP contribution < -0.4 is 10.6 Å². The zero-order chi connectivity index (χ0) is 14.5. The fraction of sp³-hybridized carbons (Fsp3) is 0.143. The van der Waals surface area contributed by atoms with Crippen molar-refractivity contribution in [3.63, 3.8) is 0 Å². The summed E-state index contributed by atoms with van der Waals surface area (Å²) >= 11 is 12.2. The van der Waals surface area contributed by atoms with Gasteiger partial charge >= 0.3 is 0 Å². The van der Waals surface area contributed by atoms with Gasteiger partial charge in [0.05, 0.1) is 21.7 Å². The summed E-state index contributed by atoms with van der Waals surface area (Å²) in [5.74, 6) is 1.09. The van der Waals surface area contributed by atoms with Crippen molar-refractivity contribution in [3.05, 3.63) is 45.9 Å². The summed E-state index contributed by atoms with van der Waals surface area (Å²) in [6.07, 6.45) is 0. The molecular weight excluding hydrogens is 295 g/mol. The molecule has 0 atom stereocenters. The number of nitriles is 1. The van der Waals surface area contributed by atoms with Crippen LogP contribution in [0.2, 0.25) is 10.0 Å². The number of nitrogens with one attached hydrogen (secondary N) is 2. The Balaban J connectivity index is 2.27. The Kier molecular flexibility index (Phi) is 4.67. The van der Waals surface area contributed by atoms with E-state index >= 15 is 0 Å². The van der Waals surface area contributed by atoms with E-state index in [4.69, 9.17) is 28.5 Å². The molecule has 0 saturated heterocycles. The second-order valence-electron chi connectivity index (χ2n) is 3.99. The molecule has 0 radical (unpaired) electrons. The lowest BCUT2D eigenvalue weighted by molar-refractivity contribution is 1.16. The number of anilines is 3. The van der Waals surface area contributed by atoms with Crippen LogP contribution >= 0.6 is 23.2 Å². The second-order valence-corrected chi connectivity index (χ2v) is 4.81. The van der Waals surface area contributed by atoms with Gasteiger partial charge in [-0.15, -0.1) is 0 Å². The standard InChI is InChI=1S/C14H12Cl2N4/c1-2-18-13-11(15)7-12(16)14(20-13)19-10-5-3-9(8-17)4-6-10/h3-7H,2H2,1H3,(H2,18,19,20). The zero-order valence-electron chi connectivity index (χ0n) is 10.7. The largest absolute Gasteiger partial charge is 0.369 e. The van der Waals surface area contributed by atoms with Crippen LogP contribution in [0.3, 0.4) is 0 Å². The number of hydrogen-bond donors (Lipinski definition) is 2. The molecule has 2 rings (SSSR count). The third kappa shape index (κ3) is 3.32. The van der Waals surface area contributed by atoms with E-state index in [1.54, 1.807) is 30.3 Å². The van der Waals surface area contributed by atoms with Gasteiger partial charge in [0.2, 0.25) is 0 Å². The first-order chi connectivity index (χ1) is 9.63. The van der Waals surface area contributed by atoms with Crippen molar-refractivity contribution in [1.29, 1.82) is 5.26 Å². The summed E-state index contributed by atoms with van der Waals surface area (Å²) in [4.78, 5) is 4.35. The van der Waals surface area contributed by atoms with Crippen molar-refractivity contribution < 1.29 is 0 Å². The minimum atomic E-state index is 0.431. The number of rotatable bonds is 4. The number of halogens is 2. The first-order valence-electron chi connectivity index (χ1n) is 6.01. The highest BCUT2D eigenvalue weighted by molar-refractivity contribution is 6.37. The molecular formula is C14H12Cl2N4. The van der Waals surface area contributed by atoms with Gasteiger partial charge < -0.3 is 10.6 Å². The molecule has 0 aliphatic heterocycles. The van der Waals surface area contributed by atoms with Crippen molar-refractivity contribution >= 4 is 40.5 Å². The fourth-order valence-electron chi connectivity index (χ4n) is 1.61. The molecule has 0 saturated carbocycles. The van der Waals surface area contributed by atoms with Crippen molar-refractivity contribution in [2.45, 2.75) is 6.92 Å². The highest BCUT2D eigenvalue weighted by atomic mass is 35.5. The van der Waals surface area contributed by atoms with Crippen LogP contribution in [0.5, 0.6) is 0 Å². The van der Waals surface area contributed by atoms with Crippen LogP contribution in [0, 0.1) is 11.3 Å². The number of aromatic nitrogens is 1. The molecule has 0 aliphatic carbocycles. The summed E-state index contributed by atoms with van der Waals surface area (Å²) in [5.41, 5.74) is 1.39. The van der Waals surface area contributed by atoms with Crippen LogP contribution in [0.4, 0.5) is 17.3 Å². The van der Waals surface area contributed by atoms with Crippen LogP contribution in [-0.2, 0) is 0 Å². The van der Waals surface area contributed by atoms with E-state index in [-0.39, 0.29) is 0 Å². The van der Waals surface area contributed by atoms with Crippen molar-refractivity contribution in [2.75, 3.05) is 17.2 Å². The number of hydrogen-bond acceptors (Lipinski definition) is 4. The second kappa shape index (κ2) is 6.47. The first kappa shape index (κ1) is 14.4. The monoisotopic (exact) mass is 306 g/mol. The van der Waals surface area contributed by atoms with Gasteiger partial charge in [0.1, 0.15) is 5.82 Å². The smallest absolute Gasteiger partial charge is 0.151 e. The Morgan fingerprint density at radius 1 is 1.15 bits per heavy atom. The molecule has 2 aromatic rings. The third-order valence-electron chi connectivity index (χ3n) is 2.55. The maximum atomic E-state index is 8.76. The Hall–Kier alpha value is -1.96. The molecule has 0 fully saturated rings. The fourth-order valence-corrected chi connectivity index (χ4v) is 2.08. The lowest BCUT2D eigenvalue weighted by Gasteiger charge is -2.11. The van der Waals surface area contributed by atoms with Gasteiger partial charge in [-0.3, -0.25) is 0 Å². The van der Waals surface area contributed by atoms with Gasteiger partial charge in [0, 0.05) is 12.2 Å². The number of pyridine rings is 1. The van der Waals surface area contributed by atoms with E-state index in [2.05, 4.69) is 21.7 Å². The third-order valence-corrected chi connectivity index (χ3v) is 3.13. The molecule has 2 N–H and O–H groups in total. The van der Waals surface area contributed by atoms with E-state index in [0.29, 0.717) is 33.8 Å². The SMILES string of the molecule is CCNc1nc(Nc2ccc(C#N)cc2)c(Cl)cc1Cl. The van der Waals surface area contributed by atoms with E-state index in [9.17, 15) is 0 Å². The van der Waals surface area contributed by atoms with Crippen molar-refractivity contribution in [1.82, 2.24) is 4.98 Å². The highest BCUT2D eigenvalue weighted by Gasteiger charge is 2.09. The minimum absolute atomic E-state index is 0.431. The van der Waals surface area contributed by atoms with Gasteiger partial charge in [0.15, 0.2) is 5.82 Å². The summed E-state index contributed by atoms with van der Waals surface area (Å²) in [6, 6.07) is 10.7. The molecule has 20 heavy (non-hydrogen) atoms. The number of benzene rings is 1. The molecule has 0 spiro atoms. The molecule has 0 amide bonds. The maximum Gasteiger partial charge on any atom is 0.151 e. The van der Waals surface area contributed by atoms with Crippen LogP contribution in [-0.4, -0.2) is 11.5 Å². The van der Waals surface area contributed by atoms with Gasteiger partial charge in [-0.1, -0.05) is 23.2 Å². The average Bonchev–Trinajstić information content (AvgIpc) is 2.45. The van der Waals surface area contributed by atoms with Crippen molar-refractivity contribution in [3.8, 4) is 6.07 Å². The van der Waals surface area contributed by atoms with Crippen LogP contribution in [0.25, 0.3) is 0 Å².